The molecule has 0 fully saturated rings. The Morgan fingerprint density at radius 2 is 2.00 bits per heavy atom. The van der Waals surface area contributed by atoms with Crippen LogP contribution in [0, 0.1) is 20.3 Å². The highest BCUT2D eigenvalue weighted by molar-refractivity contribution is 5.48. The molecule has 1 aromatic rings. The first kappa shape index (κ1) is 7.60. The highest BCUT2D eigenvalue weighted by Gasteiger charge is 2.08. The molecule has 0 N–H and O–H groups in total. The van der Waals surface area contributed by atoms with Crippen molar-refractivity contribution in [3.05, 3.63) is 53.0 Å². The lowest BCUT2D eigenvalue weighted by Crippen LogP contribution is -2.00. The van der Waals surface area contributed by atoms with E-state index < -0.39 is 0 Å². The summed E-state index contributed by atoms with van der Waals surface area (Å²) in [7, 11) is 0. The number of fused-ring (bicyclic) bond motifs is 1. The molecule has 0 bridgehead atoms. The van der Waals surface area contributed by atoms with Gasteiger partial charge in [-0.2, -0.15) is 0 Å². The molecular weight excluding hydrogens is 144 g/mol. The molecule has 0 unspecified atom stereocenters. The molecular formula is C12H13. The molecule has 2 rings (SSSR count). The maximum atomic E-state index is 2.22. The van der Waals surface area contributed by atoms with E-state index in [1.165, 1.54) is 22.3 Å². The zero-order valence-electron chi connectivity index (χ0n) is 7.59. The second-order valence-corrected chi connectivity index (χ2v) is 3.37. The summed E-state index contributed by atoms with van der Waals surface area (Å²) in [4.78, 5) is 0. The van der Waals surface area contributed by atoms with Crippen molar-refractivity contribution in [3.8, 4) is 0 Å². The highest BCUT2D eigenvalue weighted by Crippen LogP contribution is 2.23. The van der Waals surface area contributed by atoms with E-state index in [-0.39, 0.29) is 0 Å². The highest BCUT2D eigenvalue weighted by atomic mass is 14.1. The molecule has 1 aliphatic carbocycles. The van der Waals surface area contributed by atoms with Gasteiger partial charge in [0.05, 0.1) is 0 Å². The van der Waals surface area contributed by atoms with Crippen LogP contribution in [0.25, 0.3) is 0 Å². The summed E-state index contributed by atoms with van der Waals surface area (Å²) in [6, 6.07) is 4.41. The van der Waals surface area contributed by atoms with Gasteiger partial charge in [-0.3, -0.25) is 0 Å². The van der Waals surface area contributed by atoms with Crippen LogP contribution >= 0.6 is 0 Å². The molecule has 0 aliphatic heterocycles. The van der Waals surface area contributed by atoms with Crippen molar-refractivity contribution < 1.29 is 0 Å². The van der Waals surface area contributed by atoms with Crippen molar-refractivity contribution in [3.63, 3.8) is 0 Å². The van der Waals surface area contributed by atoms with Gasteiger partial charge in [0, 0.05) is 6.42 Å². The van der Waals surface area contributed by atoms with Gasteiger partial charge in [-0.25, -0.2) is 0 Å². The summed E-state index contributed by atoms with van der Waals surface area (Å²) in [5.41, 5.74) is 5.74. The fraction of sp³-hybridized carbons (Fsp3) is 0.250. The van der Waals surface area contributed by atoms with E-state index in [4.69, 9.17) is 0 Å². The Morgan fingerprint density at radius 1 is 1.17 bits per heavy atom. The summed E-state index contributed by atoms with van der Waals surface area (Å²) >= 11 is 0. The minimum atomic E-state index is 1.10. The molecule has 0 saturated carbocycles. The Morgan fingerprint density at radius 3 is 2.83 bits per heavy atom. The number of allylic oxidation sites excluding steroid dienone is 2. The lowest BCUT2D eigenvalue weighted by Gasteiger charge is -2.15. The summed E-state index contributed by atoms with van der Waals surface area (Å²) in [5.74, 6) is 0. The molecule has 61 valence electrons. The average molecular weight is 157 g/mol. The number of aryl methyl sites for hydroxylation is 1. The fourth-order valence-corrected chi connectivity index (χ4v) is 1.68. The zero-order chi connectivity index (χ0) is 8.55. The molecule has 1 radical (unpaired) electrons. The number of benzene rings is 1. The Hall–Kier alpha value is -1.04. The van der Waals surface area contributed by atoms with Gasteiger partial charge < -0.3 is 0 Å². The Kier molecular flexibility index (Phi) is 1.76. The lowest BCUT2D eigenvalue weighted by molar-refractivity contribution is 1.13. The van der Waals surface area contributed by atoms with E-state index in [1.807, 2.05) is 0 Å². The topological polar surface area (TPSA) is 0 Å². The molecule has 1 aromatic carbocycles. The van der Waals surface area contributed by atoms with Crippen LogP contribution < -0.4 is 0 Å². The molecule has 1 aliphatic rings. The Balaban J connectivity index is 2.58. The Labute approximate surface area is 73.9 Å². The standard InChI is InChI=1S/C12H13/c1-9-7-8-11-5-3-4-6-12(11)10(9)2/h3-5,7-8H,6H2,1-2H3. The fourth-order valence-electron chi connectivity index (χ4n) is 1.68. The van der Waals surface area contributed by atoms with Crippen LogP contribution in [-0.4, -0.2) is 0 Å². The molecule has 0 nitrogen and oxygen atoms in total. The molecule has 0 spiro atoms. The Bertz CT molecular complexity index is 332. The van der Waals surface area contributed by atoms with Crippen molar-refractivity contribution in [2.24, 2.45) is 0 Å². The zero-order valence-corrected chi connectivity index (χ0v) is 7.59. The minimum absolute atomic E-state index is 1.10. The molecule has 0 heterocycles. The third-order valence-electron chi connectivity index (χ3n) is 2.64. The van der Waals surface area contributed by atoms with Crippen molar-refractivity contribution >= 4 is 0 Å². The van der Waals surface area contributed by atoms with Crippen LogP contribution in [-0.2, 0) is 6.42 Å². The van der Waals surface area contributed by atoms with Gasteiger partial charge in [-0.05, 0) is 42.5 Å². The van der Waals surface area contributed by atoms with Gasteiger partial charge >= 0.3 is 0 Å². The van der Waals surface area contributed by atoms with Crippen LogP contribution in [0.4, 0.5) is 0 Å². The normalized spacial score (nSPS) is 14.5. The van der Waals surface area contributed by atoms with E-state index in [1.54, 1.807) is 0 Å². The quantitative estimate of drug-likeness (QED) is 0.543. The third kappa shape index (κ3) is 1.08. The van der Waals surface area contributed by atoms with Crippen LogP contribution in [0.5, 0.6) is 0 Å². The van der Waals surface area contributed by atoms with Crippen LogP contribution in [0.2, 0.25) is 0 Å². The van der Waals surface area contributed by atoms with E-state index >= 15 is 0 Å². The summed E-state index contributed by atoms with van der Waals surface area (Å²) < 4.78 is 0. The predicted octanol–water partition coefficient (Wildman–Crippen LogP) is 2.97. The monoisotopic (exact) mass is 157 g/mol. The third-order valence-corrected chi connectivity index (χ3v) is 2.64. The van der Waals surface area contributed by atoms with Crippen molar-refractivity contribution in [2.45, 2.75) is 20.3 Å². The molecule has 0 atom stereocenters. The number of rotatable bonds is 0. The molecule has 0 amide bonds. The van der Waals surface area contributed by atoms with Crippen LogP contribution in [0.15, 0.2) is 24.3 Å². The van der Waals surface area contributed by atoms with Crippen molar-refractivity contribution in [2.75, 3.05) is 0 Å². The van der Waals surface area contributed by atoms with Crippen LogP contribution in [0.1, 0.15) is 22.3 Å². The summed E-state index contributed by atoms with van der Waals surface area (Å²) in [5, 5.41) is 0. The van der Waals surface area contributed by atoms with Gasteiger partial charge in [0.2, 0.25) is 0 Å². The summed E-state index contributed by atoms with van der Waals surface area (Å²) in [6.07, 6.45) is 7.64. The number of hydrogen-bond acceptors (Lipinski definition) is 0. The molecule has 0 aromatic heterocycles. The van der Waals surface area contributed by atoms with E-state index in [2.05, 4.69) is 44.6 Å². The first-order valence-electron chi connectivity index (χ1n) is 4.38. The minimum Gasteiger partial charge on any atom is -0.0835 e. The predicted molar refractivity (Wildman–Crippen MR) is 52.2 cm³/mol. The second-order valence-electron chi connectivity index (χ2n) is 3.37. The van der Waals surface area contributed by atoms with Gasteiger partial charge in [-0.1, -0.05) is 24.3 Å². The smallest absolute Gasteiger partial charge is 0.0125 e. The van der Waals surface area contributed by atoms with Gasteiger partial charge in [-0.15, -0.1) is 0 Å². The largest absolute Gasteiger partial charge is 0.0835 e. The summed E-state index contributed by atoms with van der Waals surface area (Å²) in [6.45, 7) is 4.38. The molecule has 12 heavy (non-hydrogen) atoms. The average Bonchev–Trinajstić information content (AvgIpc) is 2.12. The van der Waals surface area contributed by atoms with Gasteiger partial charge in [0.25, 0.3) is 0 Å². The van der Waals surface area contributed by atoms with Gasteiger partial charge in [0.1, 0.15) is 0 Å². The van der Waals surface area contributed by atoms with Gasteiger partial charge in [0.15, 0.2) is 0 Å². The molecule has 0 saturated heterocycles. The SMILES string of the molecule is Cc1ccc2c(c1C)CC=C[CH]2. The number of hydrogen-bond donors (Lipinski definition) is 0. The lowest BCUT2D eigenvalue weighted by atomic mass is 9.90. The van der Waals surface area contributed by atoms with Crippen LogP contribution in [0.3, 0.4) is 0 Å². The van der Waals surface area contributed by atoms with Crippen molar-refractivity contribution in [1.82, 2.24) is 0 Å². The maximum Gasteiger partial charge on any atom is 0.0125 e. The van der Waals surface area contributed by atoms with Crippen molar-refractivity contribution in [1.29, 1.82) is 0 Å². The van der Waals surface area contributed by atoms with E-state index in [9.17, 15) is 0 Å². The van der Waals surface area contributed by atoms with E-state index in [0.29, 0.717) is 0 Å². The maximum absolute atomic E-state index is 2.22. The second kappa shape index (κ2) is 2.78. The van der Waals surface area contributed by atoms with E-state index in [0.717, 1.165) is 6.42 Å². The first-order valence-corrected chi connectivity index (χ1v) is 4.38. The first-order chi connectivity index (χ1) is 5.79. The molecule has 0 heteroatoms.